The molecule has 0 spiro atoms. The Morgan fingerprint density at radius 3 is 2.72 bits per heavy atom. The fourth-order valence-corrected chi connectivity index (χ4v) is 4.10. The molecule has 1 aromatic heterocycles. The molecule has 0 radical (unpaired) electrons. The highest BCUT2D eigenvalue weighted by Gasteiger charge is 2.34. The number of aromatic hydroxyl groups is 1. The Morgan fingerprint density at radius 1 is 1.40 bits per heavy atom. The van der Waals surface area contributed by atoms with Crippen molar-refractivity contribution in [1.82, 2.24) is 9.88 Å². The van der Waals surface area contributed by atoms with E-state index >= 15 is 0 Å². The molecule has 0 atom stereocenters. The average molecular weight is 371 g/mol. The zero-order valence-electron chi connectivity index (χ0n) is 13.9. The third-order valence-corrected chi connectivity index (χ3v) is 5.65. The van der Waals surface area contributed by atoms with Crippen molar-refractivity contribution in [2.45, 2.75) is 13.8 Å². The van der Waals surface area contributed by atoms with Gasteiger partial charge in [-0.15, -0.1) is 17.9 Å². The third-order valence-electron chi connectivity index (χ3n) is 3.61. The number of rotatable bonds is 4. The van der Waals surface area contributed by atoms with E-state index in [-0.39, 0.29) is 11.7 Å². The standard InChI is InChI=1S/C18H17N3O2S2/c1-4-9-21-16(23)15(12(3)13-5-7-14(22)8-6-13)25-18(21)20-17-19-11(2)10-24-17/h4-8,10,22H,1,9H2,2-3H3/b15-12-,20-18+. The number of hydrogen-bond donors (Lipinski definition) is 1. The van der Waals surface area contributed by atoms with Crippen LogP contribution in [0.1, 0.15) is 18.2 Å². The summed E-state index contributed by atoms with van der Waals surface area (Å²) >= 11 is 2.79. The van der Waals surface area contributed by atoms with Gasteiger partial charge in [0.25, 0.3) is 5.91 Å². The molecule has 0 aliphatic carbocycles. The summed E-state index contributed by atoms with van der Waals surface area (Å²) in [7, 11) is 0. The highest BCUT2D eigenvalue weighted by molar-refractivity contribution is 8.18. The number of carbonyl (C=O) groups is 1. The van der Waals surface area contributed by atoms with E-state index in [1.807, 2.05) is 19.2 Å². The van der Waals surface area contributed by atoms with E-state index in [2.05, 4.69) is 16.6 Å². The Kier molecular flexibility index (Phi) is 5.06. The van der Waals surface area contributed by atoms with Gasteiger partial charge in [-0.05, 0) is 48.9 Å². The van der Waals surface area contributed by atoms with Gasteiger partial charge in [-0.2, -0.15) is 4.99 Å². The van der Waals surface area contributed by atoms with Crippen molar-refractivity contribution in [2.75, 3.05) is 6.54 Å². The Balaban J connectivity index is 2.00. The van der Waals surface area contributed by atoms with Crippen molar-refractivity contribution in [3.8, 4) is 5.75 Å². The minimum Gasteiger partial charge on any atom is -0.508 e. The van der Waals surface area contributed by atoms with E-state index in [0.29, 0.717) is 21.7 Å². The van der Waals surface area contributed by atoms with Crippen LogP contribution < -0.4 is 0 Å². The lowest BCUT2D eigenvalue weighted by Crippen LogP contribution is -2.29. The Morgan fingerprint density at radius 2 is 2.12 bits per heavy atom. The molecule has 2 aromatic rings. The van der Waals surface area contributed by atoms with Gasteiger partial charge in [-0.25, -0.2) is 4.98 Å². The van der Waals surface area contributed by atoms with E-state index < -0.39 is 0 Å². The second-order valence-electron chi connectivity index (χ2n) is 5.47. The van der Waals surface area contributed by atoms with Crippen LogP contribution in [-0.4, -0.2) is 32.6 Å². The summed E-state index contributed by atoms with van der Waals surface area (Å²) in [6.45, 7) is 7.93. The summed E-state index contributed by atoms with van der Waals surface area (Å²) in [4.78, 5) is 23.9. The van der Waals surface area contributed by atoms with Crippen LogP contribution in [0.25, 0.3) is 5.57 Å². The van der Waals surface area contributed by atoms with Gasteiger partial charge in [0.1, 0.15) is 5.75 Å². The molecular formula is C18H17N3O2S2. The van der Waals surface area contributed by atoms with Gasteiger partial charge in [-0.1, -0.05) is 18.2 Å². The maximum Gasteiger partial charge on any atom is 0.267 e. The molecular weight excluding hydrogens is 354 g/mol. The number of amidine groups is 1. The second-order valence-corrected chi connectivity index (χ2v) is 7.29. The van der Waals surface area contributed by atoms with Crippen LogP contribution in [0.5, 0.6) is 5.75 Å². The summed E-state index contributed by atoms with van der Waals surface area (Å²) in [5.41, 5.74) is 2.65. The molecule has 0 saturated carbocycles. The highest BCUT2D eigenvalue weighted by Crippen LogP contribution is 2.38. The number of aromatic nitrogens is 1. The van der Waals surface area contributed by atoms with Crippen molar-refractivity contribution in [3.05, 3.63) is 58.5 Å². The number of phenolic OH excluding ortho intramolecular Hbond substituents is 1. The van der Waals surface area contributed by atoms with E-state index in [1.165, 1.54) is 23.1 Å². The molecule has 0 unspecified atom stereocenters. The first-order valence-electron chi connectivity index (χ1n) is 7.61. The number of nitrogens with zero attached hydrogens (tertiary/aromatic N) is 3. The summed E-state index contributed by atoms with van der Waals surface area (Å²) in [5, 5.41) is 12.6. The van der Waals surface area contributed by atoms with Gasteiger partial charge in [0.05, 0.1) is 10.6 Å². The molecule has 25 heavy (non-hydrogen) atoms. The predicted octanol–water partition coefficient (Wildman–Crippen LogP) is 4.34. The largest absolute Gasteiger partial charge is 0.508 e. The van der Waals surface area contributed by atoms with Crippen molar-refractivity contribution < 1.29 is 9.90 Å². The highest BCUT2D eigenvalue weighted by atomic mass is 32.2. The second kappa shape index (κ2) is 7.25. The Hall–Kier alpha value is -2.38. The summed E-state index contributed by atoms with van der Waals surface area (Å²) < 4.78 is 0. The maximum absolute atomic E-state index is 12.8. The minimum absolute atomic E-state index is 0.0949. The minimum atomic E-state index is -0.0949. The summed E-state index contributed by atoms with van der Waals surface area (Å²) in [5.74, 6) is 0.101. The van der Waals surface area contributed by atoms with Crippen LogP contribution in [0.4, 0.5) is 5.13 Å². The lowest BCUT2D eigenvalue weighted by atomic mass is 10.1. The van der Waals surface area contributed by atoms with Crippen molar-refractivity contribution in [1.29, 1.82) is 0 Å². The fourth-order valence-electron chi connectivity index (χ4n) is 2.33. The van der Waals surface area contributed by atoms with Crippen LogP contribution in [0.3, 0.4) is 0 Å². The number of thioether (sulfide) groups is 1. The zero-order chi connectivity index (χ0) is 18.0. The third kappa shape index (κ3) is 3.67. The number of carbonyl (C=O) groups excluding carboxylic acids is 1. The van der Waals surface area contributed by atoms with Gasteiger partial charge in [0.2, 0.25) is 5.13 Å². The topological polar surface area (TPSA) is 65.8 Å². The number of allylic oxidation sites excluding steroid dienone is 1. The van der Waals surface area contributed by atoms with Crippen LogP contribution in [-0.2, 0) is 4.79 Å². The van der Waals surface area contributed by atoms with Crippen LogP contribution in [0.15, 0.2) is 52.2 Å². The molecule has 128 valence electrons. The maximum atomic E-state index is 12.8. The molecule has 0 bridgehead atoms. The first kappa shape index (κ1) is 17.4. The number of aliphatic imine (C=N–C) groups is 1. The van der Waals surface area contributed by atoms with Crippen LogP contribution in [0, 0.1) is 6.92 Å². The van der Waals surface area contributed by atoms with E-state index in [4.69, 9.17) is 0 Å². The number of aryl methyl sites for hydroxylation is 1. The molecule has 3 rings (SSSR count). The van der Waals surface area contributed by atoms with Crippen LogP contribution >= 0.6 is 23.1 Å². The molecule has 1 saturated heterocycles. The Labute approximate surface area is 154 Å². The summed E-state index contributed by atoms with van der Waals surface area (Å²) in [6.07, 6.45) is 1.68. The first-order chi connectivity index (χ1) is 12.0. The number of benzene rings is 1. The molecule has 1 N–H and O–H groups in total. The molecule has 1 fully saturated rings. The quantitative estimate of drug-likeness (QED) is 0.641. The molecule has 1 aliphatic rings. The molecule has 1 aliphatic heterocycles. The number of thiazole rings is 1. The van der Waals surface area contributed by atoms with Gasteiger partial charge in [0, 0.05) is 11.9 Å². The number of amides is 1. The number of hydrogen-bond acceptors (Lipinski definition) is 6. The van der Waals surface area contributed by atoms with Crippen molar-refractivity contribution >= 4 is 44.9 Å². The molecule has 2 heterocycles. The number of phenols is 1. The Bertz CT molecular complexity index is 882. The lowest BCUT2D eigenvalue weighted by molar-refractivity contribution is -0.121. The van der Waals surface area contributed by atoms with Gasteiger partial charge >= 0.3 is 0 Å². The molecule has 1 amide bonds. The van der Waals surface area contributed by atoms with Crippen LogP contribution in [0.2, 0.25) is 0 Å². The summed E-state index contributed by atoms with van der Waals surface area (Å²) in [6, 6.07) is 6.81. The smallest absolute Gasteiger partial charge is 0.267 e. The molecule has 5 nitrogen and oxygen atoms in total. The first-order valence-corrected chi connectivity index (χ1v) is 9.31. The fraction of sp³-hybridized carbons (Fsp3) is 0.167. The monoisotopic (exact) mass is 371 g/mol. The lowest BCUT2D eigenvalue weighted by Gasteiger charge is -2.12. The van der Waals surface area contributed by atoms with Gasteiger partial charge < -0.3 is 5.11 Å². The molecule has 1 aromatic carbocycles. The van der Waals surface area contributed by atoms with Crippen molar-refractivity contribution in [2.24, 2.45) is 4.99 Å². The van der Waals surface area contributed by atoms with Gasteiger partial charge in [0.15, 0.2) is 5.17 Å². The van der Waals surface area contributed by atoms with Gasteiger partial charge in [-0.3, -0.25) is 9.69 Å². The normalized spacial score (nSPS) is 18.1. The van der Waals surface area contributed by atoms with E-state index in [1.54, 1.807) is 35.2 Å². The average Bonchev–Trinajstić information content (AvgIpc) is 3.13. The zero-order valence-corrected chi connectivity index (χ0v) is 15.5. The predicted molar refractivity (Wildman–Crippen MR) is 104 cm³/mol. The van der Waals surface area contributed by atoms with E-state index in [9.17, 15) is 9.90 Å². The van der Waals surface area contributed by atoms with E-state index in [0.717, 1.165) is 16.8 Å². The van der Waals surface area contributed by atoms with Crippen molar-refractivity contribution in [3.63, 3.8) is 0 Å². The SMILES string of the molecule is C=CCN1C(=O)/C(=C(\C)c2ccc(O)cc2)S/C1=N/c1nc(C)cs1. The molecule has 7 heteroatoms.